The highest BCUT2D eigenvalue weighted by Crippen LogP contribution is 2.20. The molecule has 124 valence electrons. The molecule has 1 aliphatic heterocycles. The Labute approximate surface area is 138 Å². The third-order valence-corrected chi connectivity index (χ3v) is 4.81. The van der Waals surface area contributed by atoms with Gasteiger partial charge < -0.3 is 4.90 Å². The van der Waals surface area contributed by atoms with Gasteiger partial charge in [-0.05, 0) is 45.4 Å². The summed E-state index contributed by atoms with van der Waals surface area (Å²) in [5, 5.41) is 4.59. The Bertz CT molecular complexity index is 655. The zero-order chi connectivity index (χ0) is 16.4. The van der Waals surface area contributed by atoms with E-state index in [9.17, 15) is 0 Å². The van der Waals surface area contributed by atoms with Gasteiger partial charge in [-0.3, -0.25) is 14.6 Å². The molecule has 1 atom stereocenters. The molecule has 3 rings (SSSR count). The molecule has 0 aromatic carbocycles. The van der Waals surface area contributed by atoms with Gasteiger partial charge in [0.05, 0.1) is 12.2 Å². The van der Waals surface area contributed by atoms with Crippen LogP contribution in [0, 0.1) is 20.8 Å². The maximum Gasteiger partial charge on any atom is 0.0596 e. The first kappa shape index (κ1) is 16.0. The van der Waals surface area contributed by atoms with Crippen LogP contribution in [0.15, 0.2) is 24.5 Å². The van der Waals surface area contributed by atoms with E-state index in [4.69, 9.17) is 0 Å². The molecule has 2 aromatic rings. The van der Waals surface area contributed by atoms with E-state index in [-0.39, 0.29) is 0 Å². The fourth-order valence-corrected chi connectivity index (χ4v) is 3.45. The highest BCUT2D eigenvalue weighted by atomic mass is 15.3. The Morgan fingerprint density at radius 1 is 1.13 bits per heavy atom. The minimum Gasteiger partial charge on any atom is -0.369 e. The predicted molar refractivity (Wildman–Crippen MR) is 93.9 cm³/mol. The van der Waals surface area contributed by atoms with Crippen molar-refractivity contribution in [3.63, 3.8) is 0 Å². The molecule has 3 heterocycles. The van der Waals surface area contributed by atoms with E-state index in [1.54, 1.807) is 0 Å². The SMILES string of the molecule is Cc1cc(C)n(CC(C)N2CCN(c3ccncc3C)CC2)n1. The lowest BCUT2D eigenvalue weighted by molar-refractivity contribution is 0.176. The van der Waals surface area contributed by atoms with Gasteiger partial charge in [0, 0.05) is 56.0 Å². The van der Waals surface area contributed by atoms with Gasteiger partial charge in [0.1, 0.15) is 0 Å². The van der Waals surface area contributed by atoms with Crippen LogP contribution < -0.4 is 4.90 Å². The summed E-state index contributed by atoms with van der Waals surface area (Å²) < 4.78 is 2.14. The van der Waals surface area contributed by atoms with Gasteiger partial charge in [-0.25, -0.2) is 0 Å². The van der Waals surface area contributed by atoms with E-state index in [2.05, 4.69) is 64.4 Å². The topological polar surface area (TPSA) is 37.2 Å². The van der Waals surface area contributed by atoms with Crippen LogP contribution in [0.1, 0.15) is 23.9 Å². The molecule has 1 unspecified atom stereocenters. The first-order valence-corrected chi connectivity index (χ1v) is 8.45. The molecular weight excluding hydrogens is 286 g/mol. The highest BCUT2D eigenvalue weighted by Gasteiger charge is 2.22. The zero-order valence-corrected chi connectivity index (χ0v) is 14.7. The van der Waals surface area contributed by atoms with Gasteiger partial charge in [0.25, 0.3) is 0 Å². The number of nitrogens with zero attached hydrogens (tertiary/aromatic N) is 5. The zero-order valence-electron chi connectivity index (χ0n) is 14.7. The fraction of sp³-hybridized carbons (Fsp3) is 0.556. The van der Waals surface area contributed by atoms with Crippen LogP contribution in [0.5, 0.6) is 0 Å². The summed E-state index contributed by atoms with van der Waals surface area (Å²) in [6.45, 7) is 14.0. The third-order valence-electron chi connectivity index (χ3n) is 4.81. The van der Waals surface area contributed by atoms with Crippen molar-refractivity contribution in [1.82, 2.24) is 19.7 Å². The van der Waals surface area contributed by atoms with Crippen LogP contribution in [0.25, 0.3) is 0 Å². The van der Waals surface area contributed by atoms with E-state index in [0.29, 0.717) is 6.04 Å². The quantitative estimate of drug-likeness (QED) is 0.869. The van der Waals surface area contributed by atoms with E-state index in [1.807, 2.05) is 12.4 Å². The molecule has 0 aliphatic carbocycles. The molecule has 2 aromatic heterocycles. The summed E-state index contributed by atoms with van der Waals surface area (Å²) in [7, 11) is 0. The summed E-state index contributed by atoms with van der Waals surface area (Å²) in [6.07, 6.45) is 3.84. The molecule has 0 radical (unpaired) electrons. The molecule has 0 spiro atoms. The second kappa shape index (κ2) is 6.71. The second-order valence-electron chi connectivity index (χ2n) is 6.64. The van der Waals surface area contributed by atoms with E-state index in [1.165, 1.54) is 16.9 Å². The molecule has 1 saturated heterocycles. The van der Waals surface area contributed by atoms with Crippen molar-refractivity contribution in [3.05, 3.63) is 41.5 Å². The molecular formula is C18H27N5. The number of aryl methyl sites for hydroxylation is 3. The van der Waals surface area contributed by atoms with Crippen molar-refractivity contribution in [1.29, 1.82) is 0 Å². The maximum absolute atomic E-state index is 4.59. The number of anilines is 1. The molecule has 0 bridgehead atoms. The number of rotatable bonds is 4. The molecule has 0 amide bonds. The number of piperazine rings is 1. The summed E-state index contributed by atoms with van der Waals surface area (Å²) >= 11 is 0. The molecule has 23 heavy (non-hydrogen) atoms. The van der Waals surface area contributed by atoms with Gasteiger partial charge in [-0.15, -0.1) is 0 Å². The minimum atomic E-state index is 0.508. The van der Waals surface area contributed by atoms with Crippen LogP contribution in [0.3, 0.4) is 0 Å². The lowest BCUT2D eigenvalue weighted by Gasteiger charge is -2.39. The first-order valence-electron chi connectivity index (χ1n) is 8.45. The van der Waals surface area contributed by atoms with E-state index >= 15 is 0 Å². The van der Waals surface area contributed by atoms with E-state index < -0.39 is 0 Å². The lowest BCUT2D eigenvalue weighted by Crippen LogP contribution is -2.50. The largest absolute Gasteiger partial charge is 0.369 e. The average Bonchev–Trinajstić information content (AvgIpc) is 2.85. The van der Waals surface area contributed by atoms with Crippen molar-refractivity contribution < 1.29 is 0 Å². The second-order valence-corrected chi connectivity index (χ2v) is 6.64. The summed E-state index contributed by atoms with van der Waals surface area (Å²) in [4.78, 5) is 9.24. The minimum absolute atomic E-state index is 0.508. The Hall–Kier alpha value is -1.88. The molecule has 0 saturated carbocycles. The number of hydrogen-bond acceptors (Lipinski definition) is 4. The molecule has 0 N–H and O–H groups in total. The van der Waals surface area contributed by atoms with Crippen molar-refractivity contribution in [2.45, 2.75) is 40.3 Å². The summed E-state index contributed by atoms with van der Waals surface area (Å²) in [5.41, 5.74) is 4.94. The van der Waals surface area contributed by atoms with Crippen LogP contribution in [0.4, 0.5) is 5.69 Å². The molecule has 5 heteroatoms. The third kappa shape index (κ3) is 3.55. The van der Waals surface area contributed by atoms with Gasteiger partial charge in [-0.1, -0.05) is 0 Å². The Balaban J connectivity index is 1.58. The van der Waals surface area contributed by atoms with Crippen LogP contribution in [-0.4, -0.2) is 51.9 Å². The monoisotopic (exact) mass is 313 g/mol. The standard InChI is InChI=1S/C18H27N5/c1-14-12-19-6-5-18(14)22-9-7-21(8-10-22)17(4)13-23-16(3)11-15(2)20-23/h5-6,11-12,17H,7-10,13H2,1-4H3. The average molecular weight is 313 g/mol. The number of pyridine rings is 1. The smallest absolute Gasteiger partial charge is 0.0596 e. The van der Waals surface area contributed by atoms with Crippen LogP contribution in [-0.2, 0) is 6.54 Å². The first-order chi connectivity index (χ1) is 11.0. The lowest BCUT2D eigenvalue weighted by atomic mass is 10.2. The maximum atomic E-state index is 4.59. The normalized spacial score (nSPS) is 17.5. The number of hydrogen-bond donors (Lipinski definition) is 0. The fourth-order valence-electron chi connectivity index (χ4n) is 3.45. The van der Waals surface area contributed by atoms with Crippen molar-refractivity contribution in [2.75, 3.05) is 31.1 Å². The summed E-state index contributed by atoms with van der Waals surface area (Å²) in [5.74, 6) is 0. The molecule has 1 aliphatic rings. The molecule has 5 nitrogen and oxygen atoms in total. The van der Waals surface area contributed by atoms with E-state index in [0.717, 1.165) is 38.4 Å². The van der Waals surface area contributed by atoms with Crippen LogP contribution >= 0.6 is 0 Å². The van der Waals surface area contributed by atoms with Gasteiger partial charge >= 0.3 is 0 Å². The van der Waals surface area contributed by atoms with Gasteiger partial charge in [0.2, 0.25) is 0 Å². The van der Waals surface area contributed by atoms with Gasteiger partial charge in [-0.2, -0.15) is 5.10 Å². The van der Waals surface area contributed by atoms with Crippen LogP contribution in [0.2, 0.25) is 0 Å². The number of aromatic nitrogens is 3. The summed E-state index contributed by atoms with van der Waals surface area (Å²) in [6, 6.07) is 4.79. The Kier molecular flexibility index (Phi) is 4.66. The predicted octanol–water partition coefficient (Wildman–Crippen LogP) is 2.41. The van der Waals surface area contributed by atoms with Gasteiger partial charge in [0.15, 0.2) is 0 Å². The van der Waals surface area contributed by atoms with Crippen molar-refractivity contribution >= 4 is 5.69 Å². The van der Waals surface area contributed by atoms with Crippen molar-refractivity contribution in [2.24, 2.45) is 0 Å². The Morgan fingerprint density at radius 2 is 1.87 bits per heavy atom. The highest BCUT2D eigenvalue weighted by molar-refractivity contribution is 5.51. The molecule has 1 fully saturated rings. The van der Waals surface area contributed by atoms with Crippen molar-refractivity contribution in [3.8, 4) is 0 Å². The Morgan fingerprint density at radius 3 is 2.48 bits per heavy atom.